The van der Waals surface area contributed by atoms with Gasteiger partial charge in [-0.3, -0.25) is 4.79 Å². The summed E-state index contributed by atoms with van der Waals surface area (Å²) in [7, 11) is 0. The summed E-state index contributed by atoms with van der Waals surface area (Å²) in [5, 5.41) is 10.2. The quantitative estimate of drug-likeness (QED) is 0.605. The summed E-state index contributed by atoms with van der Waals surface area (Å²) in [5.74, 6) is 1.33. The molecule has 0 aliphatic heterocycles. The number of phenolic OH excluding ortho intramolecular Hbond substituents is 1. The number of hydrogen-bond acceptors (Lipinski definition) is 2. The van der Waals surface area contributed by atoms with Crippen molar-refractivity contribution in [1.82, 2.24) is 0 Å². The molecule has 1 aromatic rings. The lowest BCUT2D eigenvalue weighted by atomic mass is 9.54. The van der Waals surface area contributed by atoms with Crippen molar-refractivity contribution in [3.05, 3.63) is 52.6 Å². The van der Waals surface area contributed by atoms with E-state index in [1.165, 1.54) is 56.1 Å². The van der Waals surface area contributed by atoms with E-state index in [2.05, 4.69) is 31.2 Å². The van der Waals surface area contributed by atoms with Crippen molar-refractivity contribution in [1.29, 1.82) is 0 Å². The van der Waals surface area contributed by atoms with E-state index in [4.69, 9.17) is 0 Å². The zero-order chi connectivity index (χ0) is 19.7. The van der Waals surface area contributed by atoms with Crippen LogP contribution in [0.4, 0.5) is 0 Å². The molecule has 0 radical (unpaired) electrons. The van der Waals surface area contributed by atoms with Gasteiger partial charge in [0.15, 0.2) is 0 Å². The number of benzene rings is 1. The van der Waals surface area contributed by atoms with Crippen LogP contribution in [0, 0.1) is 18.8 Å². The molecule has 1 saturated carbocycles. The first kappa shape index (κ1) is 19.5. The summed E-state index contributed by atoms with van der Waals surface area (Å²) >= 11 is 0. The van der Waals surface area contributed by atoms with Crippen molar-refractivity contribution in [2.24, 2.45) is 11.8 Å². The number of rotatable bonds is 3. The average Bonchev–Trinajstić information content (AvgIpc) is 2.72. The standard InChI is InChI=1S/C26H34O2/c1-18-16-21(11-13-24(18)27)26(22-12-14-25(28)19(2)17-22)15-7-6-10-23(26)20-8-4-3-5-9-20/h8,11,13,16-17,19,23,27H,3-7,9-10,12,14-15H2,1-2H3. The average molecular weight is 379 g/mol. The Morgan fingerprint density at radius 3 is 2.64 bits per heavy atom. The van der Waals surface area contributed by atoms with E-state index in [0.29, 0.717) is 23.9 Å². The molecule has 0 spiro atoms. The fourth-order valence-electron chi connectivity index (χ4n) is 6.04. The second-order valence-corrected chi connectivity index (χ2v) is 9.24. The first-order valence-corrected chi connectivity index (χ1v) is 11.3. The van der Waals surface area contributed by atoms with Gasteiger partial charge < -0.3 is 5.11 Å². The molecule has 3 atom stereocenters. The van der Waals surface area contributed by atoms with Crippen molar-refractivity contribution in [2.45, 2.75) is 83.5 Å². The molecular weight excluding hydrogens is 344 g/mol. The number of phenols is 1. The second-order valence-electron chi connectivity index (χ2n) is 9.24. The molecule has 0 amide bonds. The number of ketones is 1. The van der Waals surface area contributed by atoms with Gasteiger partial charge in [-0.05, 0) is 75.0 Å². The number of aromatic hydroxyl groups is 1. The Morgan fingerprint density at radius 1 is 1.07 bits per heavy atom. The zero-order valence-corrected chi connectivity index (χ0v) is 17.5. The molecule has 2 heteroatoms. The van der Waals surface area contributed by atoms with Crippen molar-refractivity contribution in [2.75, 3.05) is 0 Å². The molecule has 2 nitrogen and oxygen atoms in total. The molecule has 4 rings (SSSR count). The maximum atomic E-state index is 12.3. The first-order chi connectivity index (χ1) is 13.5. The fraction of sp³-hybridized carbons (Fsp3) is 0.577. The number of Topliss-reactive ketones (excluding diaryl/α,β-unsaturated/α-hetero) is 1. The molecule has 3 unspecified atom stereocenters. The van der Waals surface area contributed by atoms with Crippen molar-refractivity contribution in [3.63, 3.8) is 0 Å². The van der Waals surface area contributed by atoms with Gasteiger partial charge in [-0.25, -0.2) is 0 Å². The molecule has 1 aromatic carbocycles. The van der Waals surface area contributed by atoms with Crippen LogP contribution in [0.5, 0.6) is 5.75 Å². The van der Waals surface area contributed by atoms with E-state index in [1.807, 2.05) is 13.0 Å². The van der Waals surface area contributed by atoms with Gasteiger partial charge in [0.1, 0.15) is 11.5 Å². The van der Waals surface area contributed by atoms with E-state index in [9.17, 15) is 9.90 Å². The molecule has 3 aliphatic rings. The predicted molar refractivity (Wildman–Crippen MR) is 115 cm³/mol. The summed E-state index contributed by atoms with van der Waals surface area (Å²) in [6.07, 6.45) is 16.4. The van der Waals surface area contributed by atoms with E-state index >= 15 is 0 Å². The topological polar surface area (TPSA) is 37.3 Å². The van der Waals surface area contributed by atoms with Crippen LogP contribution < -0.4 is 0 Å². The molecule has 1 fully saturated rings. The van der Waals surface area contributed by atoms with Crippen LogP contribution in [-0.4, -0.2) is 10.9 Å². The number of carbonyl (C=O) groups excluding carboxylic acids is 1. The molecule has 1 N–H and O–H groups in total. The Labute approximate surface area is 169 Å². The molecule has 0 heterocycles. The van der Waals surface area contributed by atoms with Gasteiger partial charge in [0.25, 0.3) is 0 Å². The number of hydrogen-bond donors (Lipinski definition) is 1. The predicted octanol–water partition coefficient (Wildman–Crippen LogP) is 6.55. The van der Waals surface area contributed by atoms with Crippen molar-refractivity contribution < 1.29 is 9.90 Å². The smallest absolute Gasteiger partial charge is 0.139 e. The van der Waals surface area contributed by atoms with Crippen LogP contribution >= 0.6 is 0 Å². The highest BCUT2D eigenvalue weighted by Crippen LogP contribution is 2.55. The van der Waals surface area contributed by atoms with Crippen LogP contribution in [0.1, 0.15) is 82.3 Å². The van der Waals surface area contributed by atoms with E-state index < -0.39 is 0 Å². The van der Waals surface area contributed by atoms with E-state index in [0.717, 1.165) is 18.4 Å². The highest BCUT2D eigenvalue weighted by molar-refractivity contribution is 5.84. The molecule has 150 valence electrons. The number of aryl methyl sites for hydroxylation is 1. The molecule has 0 aromatic heterocycles. The third kappa shape index (κ3) is 3.36. The van der Waals surface area contributed by atoms with Crippen LogP contribution in [0.15, 0.2) is 41.5 Å². The highest BCUT2D eigenvalue weighted by atomic mass is 16.3. The lowest BCUT2D eigenvalue weighted by Gasteiger charge is -2.49. The zero-order valence-electron chi connectivity index (χ0n) is 17.5. The van der Waals surface area contributed by atoms with Gasteiger partial charge in [0, 0.05) is 17.8 Å². The number of carbonyl (C=O) groups is 1. The minimum absolute atomic E-state index is 0.00512. The summed E-state index contributed by atoms with van der Waals surface area (Å²) in [6, 6.07) is 6.26. The number of allylic oxidation sites excluding steroid dienone is 4. The largest absolute Gasteiger partial charge is 0.508 e. The maximum Gasteiger partial charge on any atom is 0.139 e. The summed E-state index contributed by atoms with van der Waals surface area (Å²) in [5.41, 5.74) is 5.45. The SMILES string of the molecule is Cc1cc(C2(C3=CC(C)C(=O)CC3)CCCCC2C2=CCCCC2)ccc1O. The lowest BCUT2D eigenvalue weighted by Crippen LogP contribution is -2.42. The summed E-state index contributed by atoms with van der Waals surface area (Å²) in [6.45, 7) is 4.07. The summed E-state index contributed by atoms with van der Waals surface area (Å²) < 4.78 is 0. The van der Waals surface area contributed by atoms with Gasteiger partial charge in [0.05, 0.1) is 0 Å². The third-order valence-corrected chi connectivity index (χ3v) is 7.57. The van der Waals surface area contributed by atoms with Gasteiger partial charge in [0.2, 0.25) is 0 Å². The molecule has 3 aliphatic carbocycles. The Balaban J connectivity index is 1.89. The minimum atomic E-state index is -0.00512. The molecule has 28 heavy (non-hydrogen) atoms. The second kappa shape index (κ2) is 7.89. The van der Waals surface area contributed by atoms with Crippen molar-refractivity contribution >= 4 is 5.78 Å². The fourth-order valence-corrected chi connectivity index (χ4v) is 6.04. The maximum absolute atomic E-state index is 12.3. The van der Waals surface area contributed by atoms with Crippen LogP contribution in [0.2, 0.25) is 0 Å². The minimum Gasteiger partial charge on any atom is -0.508 e. The molecular formula is C26H34O2. The van der Waals surface area contributed by atoms with E-state index in [1.54, 1.807) is 5.57 Å². The monoisotopic (exact) mass is 378 g/mol. The normalized spacial score (nSPS) is 31.3. The lowest BCUT2D eigenvalue weighted by molar-refractivity contribution is -0.121. The molecule has 0 saturated heterocycles. The Hall–Kier alpha value is -1.83. The highest BCUT2D eigenvalue weighted by Gasteiger charge is 2.47. The van der Waals surface area contributed by atoms with Crippen LogP contribution in [0.25, 0.3) is 0 Å². The van der Waals surface area contributed by atoms with Gasteiger partial charge >= 0.3 is 0 Å². The van der Waals surface area contributed by atoms with Gasteiger partial charge in [-0.2, -0.15) is 0 Å². The Bertz CT molecular complexity index is 816. The molecule has 0 bridgehead atoms. The Morgan fingerprint density at radius 2 is 1.93 bits per heavy atom. The Kier molecular flexibility index (Phi) is 5.49. The summed E-state index contributed by atoms with van der Waals surface area (Å²) in [4.78, 5) is 12.3. The van der Waals surface area contributed by atoms with Crippen LogP contribution in [0.3, 0.4) is 0 Å². The van der Waals surface area contributed by atoms with Gasteiger partial charge in [-0.1, -0.05) is 55.2 Å². The van der Waals surface area contributed by atoms with Gasteiger partial charge in [-0.15, -0.1) is 0 Å². The van der Waals surface area contributed by atoms with Crippen LogP contribution in [-0.2, 0) is 10.2 Å². The van der Waals surface area contributed by atoms with Crippen molar-refractivity contribution in [3.8, 4) is 5.75 Å². The van der Waals surface area contributed by atoms with E-state index in [-0.39, 0.29) is 11.3 Å². The first-order valence-electron chi connectivity index (χ1n) is 11.3. The third-order valence-electron chi connectivity index (χ3n) is 7.57.